The van der Waals surface area contributed by atoms with Crippen molar-refractivity contribution in [2.24, 2.45) is 5.73 Å². The number of ether oxygens (including phenoxy) is 1. The average Bonchev–Trinajstić information content (AvgIpc) is 2.21. The van der Waals surface area contributed by atoms with Crippen molar-refractivity contribution >= 4 is 0 Å². The van der Waals surface area contributed by atoms with Crippen molar-refractivity contribution in [3.63, 3.8) is 0 Å². The Kier molecular flexibility index (Phi) is 5.45. The summed E-state index contributed by atoms with van der Waals surface area (Å²) in [6, 6.07) is 0.962. The molecule has 1 aliphatic rings. The first-order valence-electron chi connectivity index (χ1n) is 5.78. The van der Waals surface area contributed by atoms with Crippen LogP contribution in [-0.4, -0.2) is 43.8 Å². The minimum Gasteiger partial charge on any atom is -0.383 e. The lowest BCUT2D eigenvalue weighted by Crippen LogP contribution is -2.50. The van der Waals surface area contributed by atoms with E-state index in [0.717, 1.165) is 19.7 Å². The fourth-order valence-electron chi connectivity index (χ4n) is 2.36. The SMILES string of the molecule is CCN(CCOC)C1CCCCC1N. The Balaban J connectivity index is 2.40. The van der Waals surface area contributed by atoms with E-state index in [9.17, 15) is 0 Å². The second kappa shape index (κ2) is 6.38. The van der Waals surface area contributed by atoms with Gasteiger partial charge in [-0.3, -0.25) is 4.90 Å². The molecule has 0 amide bonds. The van der Waals surface area contributed by atoms with Crippen LogP contribution in [0.3, 0.4) is 0 Å². The summed E-state index contributed by atoms with van der Waals surface area (Å²) in [5.41, 5.74) is 6.14. The normalized spacial score (nSPS) is 28.3. The molecule has 0 aliphatic heterocycles. The highest BCUT2D eigenvalue weighted by Crippen LogP contribution is 2.21. The molecule has 2 N–H and O–H groups in total. The van der Waals surface area contributed by atoms with Gasteiger partial charge in [0.1, 0.15) is 0 Å². The van der Waals surface area contributed by atoms with Crippen molar-refractivity contribution < 1.29 is 4.74 Å². The average molecular weight is 200 g/mol. The van der Waals surface area contributed by atoms with Crippen LogP contribution in [0.5, 0.6) is 0 Å². The molecule has 2 atom stereocenters. The van der Waals surface area contributed by atoms with Crippen LogP contribution in [0.25, 0.3) is 0 Å². The van der Waals surface area contributed by atoms with E-state index in [-0.39, 0.29) is 0 Å². The van der Waals surface area contributed by atoms with Crippen LogP contribution in [0.1, 0.15) is 32.6 Å². The Morgan fingerprint density at radius 2 is 2.07 bits per heavy atom. The molecule has 2 unspecified atom stereocenters. The van der Waals surface area contributed by atoms with E-state index in [4.69, 9.17) is 10.5 Å². The Hall–Kier alpha value is -0.120. The second-order valence-corrected chi connectivity index (χ2v) is 4.14. The van der Waals surface area contributed by atoms with Gasteiger partial charge in [-0.1, -0.05) is 19.8 Å². The minimum absolute atomic E-state index is 0.376. The van der Waals surface area contributed by atoms with Gasteiger partial charge in [0, 0.05) is 25.7 Å². The van der Waals surface area contributed by atoms with Crippen LogP contribution in [-0.2, 0) is 4.74 Å². The van der Waals surface area contributed by atoms with Crippen molar-refractivity contribution in [2.75, 3.05) is 26.8 Å². The molecular weight excluding hydrogens is 176 g/mol. The van der Waals surface area contributed by atoms with E-state index < -0.39 is 0 Å². The number of nitrogens with zero attached hydrogens (tertiary/aromatic N) is 1. The Morgan fingerprint density at radius 1 is 1.36 bits per heavy atom. The summed E-state index contributed by atoms with van der Waals surface area (Å²) in [4.78, 5) is 2.47. The van der Waals surface area contributed by atoms with Gasteiger partial charge in [-0.15, -0.1) is 0 Å². The molecule has 3 nitrogen and oxygen atoms in total. The van der Waals surface area contributed by atoms with Crippen LogP contribution < -0.4 is 5.73 Å². The van der Waals surface area contributed by atoms with Crippen LogP contribution in [0.2, 0.25) is 0 Å². The molecule has 1 rings (SSSR count). The summed E-state index contributed by atoms with van der Waals surface area (Å²) < 4.78 is 5.12. The van der Waals surface area contributed by atoms with Gasteiger partial charge in [-0.05, 0) is 19.4 Å². The summed E-state index contributed by atoms with van der Waals surface area (Å²) in [5.74, 6) is 0. The fourth-order valence-corrected chi connectivity index (χ4v) is 2.36. The van der Waals surface area contributed by atoms with Gasteiger partial charge >= 0.3 is 0 Å². The molecule has 0 spiro atoms. The number of methoxy groups -OCH3 is 1. The zero-order valence-electron chi connectivity index (χ0n) is 9.54. The molecule has 84 valence electrons. The summed E-state index contributed by atoms with van der Waals surface area (Å²) in [6.07, 6.45) is 5.09. The Morgan fingerprint density at radius 3 is 2.64 bits per heavy atom. The number of hydrogen-bond acceptors (Lipinski definition) is 3. The monoisotopic (exact) mass is 200 g/mol. The highest BCUT2D eigenvalue weighted by molar-refractivity contribution is 4.85. The quantitative estimate of drug-likeness (QED) is 0.725. The van der Waals surface area contributed by atoms with Gasteiger partial charge in [0.15, 0.2) is 0 Å². The van der Waals surface area contributed by atoms with Gasteiger partial charge in [-0.2, -0.15) is 0 Å². The third-order valence-corrected chi connectivity index (χ3v) is 3.24. The van der Waals surface area contributed by atoms with E-state index in [1.54, 1.807) is 7.11 Å². The van der Waals surface area contributed by atoms with Gasteiger partial charge in [-0.25, -0.2) is 0 Å². The van der Waals surface area contributed by atoms with Crippen LogP contribution in [0.4, 0.5) is 0 Å². The van der Waals surface area contributed by atoms with E-state index in [2.05, 4.69) is 11.8 Å². The lowest BCUT2D eigenvalue weighted by Gasteiger charge is -2.37. The second-order valence-electron chi connectivity index (χ2n) is 4.14. The predicted octanol–water partition coefficient (Wildman–Crippen LogP) is 1.22. The Labute approximate surface area is 87.6 Å². The van der Waals surface area contributed by atoms with Gasteiger partial charge in [0.2, 0.25) is 0 Å². The zero-order chi connectivity index (χ0) is 10.4. The van der Waals surface area contributed by atoms with Crippen molar-refractivity contribution in [3.8, 4) is 0 Å². The van der Waals surface area contributed by atoms with E-state index in [1.165, 1.54) is 25.7 Å². The highest BCUT2D eigenvalue weighted by atomic mass is 16.5. The highest BCUT2D eigenvalue weighted by Gasteiger charge is 2.26. The van der Waals surface area contributed by atoms with E-state index in [0.29, 0.717) is 12.1 Å². The van der Waals surface area contributed by atoms with Crippen molar-refractivity contribution in [1.82, 2.24) is 4.90 Å². The first-order chi connectivity index (χ1) is 6.79. The predicted molar refractivity (Wildman–Crippen MR) is 59.4 cm³/mol. The number of rotatable bonds is 5. The first kappa shape index (κ1) is 12.0. The van der Waals surface area contributed by atoms with E-state index >= 15 is 0 Å². The van der Waals surface area contributed by atoms with Crippen LogP contribution >= 0.6 is 0 Å². The number of hydrogen-bond donors (Lipinski definition) is 1. The van der Waals surface area contributed by atoms with Gasteiger partial charge in [0.25, 0.3) is 0 Å². The van der Waals surface area contributed by atoms with Crippen LogP contribution in [0.15, 0.2) is 0 Å². The molecule has 1 fully saturated rings. The smallest absolute Gasteiger partial charge is 0.0589 e. The Bertz CT molecular complexity index is 152. The molecule has 3 heteroatoms. The molecule has 0 saturated heterocycles. The minimum atomic E-state index is 0.376. The third kappa shape index (κ3) is 3.23. The summed E-state index contributed by atoms with van der Waals surface area (Å²) >= 11 is 0. The summed E-state index contributed by atoms with van der Waals surface area (Å²) in [5, 5.41) is 0. The standard InChI is InChI=1S/C11H24N2O/c1-3-13(8-9-14-2)11-7-5-4-6-10(11)12/h10-11H,3-9,12H2,1-2H3. The number of nitrogens with two attached hydrogens (primary N) is 1. The number of likely N-dealkylation sites (N-methyl/N-ethyl adjacent to an activating group) is 1. The molecule has 1 aliphatic carbocycles. The topological polar surface area (TPSA) is 38.5 Å². The zero-order valence-corrected chi connectivity index (χ0v) is 9.54. The maximum atomic E-state index is 6.14. The van der Waals surface area contributed by atoms with Gasteiger partial charge in [0.05, 0.1) is 6.61 Å². The summed E-state index contributed by atoms with van der Waals surface area (Å²) in [7, 11) is 1.76. The molecule has 0 heterocycles. The molecule has 0 aromatic rings. The third-order valence-electron chi connectivity index (χ3n) is 3.24. The largest absolute Gasteiger partial charge is 0.383 e. The van der Waals surface area contributed by atoms with Crippen LogP contribution in [0, 0.1) is 0 Å². The molecule has 0 aromatic heterocycles. The van der Waals surface area contributed by atoms with Crippen molar-refractivity contribution in [3.05, 3.63) is 0 Å². The molecule has 14 heavy (non-hydrogen) atoms. The maximum Gasteiger partial charge on any atom is 0.0589 e. The van der Waals surface area contributed by atoms with Gasteiger partial charge < -0.3 is 10.5 Å². The van der Waals surface area contributed by atoms with Crippen molar-refractivity contribution in [1.29, 1.82) is 0 Å². The lowest BCUT2D eigenvalue weighted by molar-refractivity contribution is 0.0967. The molecule has 1 saturated carbocycles. The van der Waals surface area contributed by atoms with E-state index in [1.807, 2.05) is 0 Å². The molecule has 0 aromatic carbocycles. The lowest BCUT2D eigenvalue weighted by atomic mass is 9.90. The first-order valence-corrected chi connectivity index (χ1v) is 5.78. The fraction of sp³-hybridized carbons (Fsp3) is 1.00. The molecule has 0 bridgehead atoms. The maximum absolute atomic E-state index is 6.14. The molecular formula is C11H24N2O. The summed E-state index contributed by atoms with van der Waals surface area (Å²) in [6.45, 7) is 5.13. The van der Waals surface area contributed by atoms with Crippen molar-refractivity contribution in [2.45, 2.75) is 44.7 Å². The molecule has 0 radical (unpaired) electrons.